The summed E-state index contributed by atoms with van der Waals surface area (Å²) in [6.45, 7) is 1.98. The molecule has 0 unspecified atom stereocenters. The van der Waals surface area contributed by atoms with Gasteiger partial charge in [-0.1, -0.05) is 13.0 Å². The van der Waals surface area contributed by atoms with Gasteiger partial charge in [-0.05, 0) is 49.1 Å². The Bertz CT molecular complexity index is 861. The number of nitrogens with zero attached hydrogens (tertiary/aromatic N) is 1. The lowest BCUT2D eigenvalue weighted by molar-refractivity contribution is 0.102. The van der Waals surface area contributed by atoms with Crippen molar-refractivity contribution in [3.8, 4) is 0 Å². The molecule has 24 heavy (non-hydrogen) atoms. The Morgan fingerprint density at radius 3 is 2.79 bits per heavy atom. The van der Waals surface area contributed by atoms with Crippen LogP contribution in [0.2, 0.25) is 0 Å². The van der Waals surface area contributed by atoms with E-state index in [1.165, 1.54) is 12.1 Å². The molecule has 1 amide bonds. The number of sulfonamides is 1. The summed E-state index contributed by atoms with van der Waals surface area (Å²) in [5.74, 6) is -0.348. The van der Waals surface area contributed by atoms with Gasteiger partial charge in [0.25, 0.3) is 5.91 Å². The second kappa shape index (κ2) is 6.70. The predicted octanol–water partition coefficient (Wildman–Crippen LogP) is 2.34. The Hall–Kier alpha value is -2.25. The van der Waals surface area contributed by atoms with E-state index < -0.39 is 10.0 Å². The van der Waals surface area contributed by atoms with Crippen molar-refractivity contribution in [3.05, 3.63) is 53.9 Å². The van der Waals surface area contributed by atoms with Gasteiger partial charge in [0.2, 0.25) is 10.0 Å². The summed E-state index contributed by atoms with van der Waals surface area (Å²) in [6.07, 6.45) is 5.77. The number of nitrogens with one attached hydrogen (secondary N) is 2. The fourth-order valence-electron chi connectivity index (χ4n) is 2.32. The van der Waals surface area contributed by atoms with E-state index in [-0.39, 0.29) is 16.8 Å². The maximum atomic E-state index is 12.4. The molecule has 0 bridgehead atoms. The molecule has 1 fully saturated rings. The Morgan fingerprint density at radius 1 is 1.29 bits per heavy atom. The third-order valence-electron chi connectivity index (χ3n) is 3.84. The molecule has 126 valence electrons. The lowest BCUT2D eigenvalue weighted by Crippen LogP contribution is -2.26. The van der Waals surface area contributed by atoms with Gasteiger partial charge in [-0.3, -0.25) is 9.78 Å². The van der Waals surface area contributed by atoms with Crippen molar-refractivity contribution in [2.45, 2.75) is 37.1 Å². The molecule has 1 aromatic carbocycles. The number of carbonyl (C=O) groups excluding carboxylic acids is 1. The number of benzene rings is 1. The molecule has 7 heteroatoms. The van der Waals surface area contributed by atoms with Crippen LogP contribution < -0.4 is 10.0 Å². The summed E-state index contributed by atoms with van der Waals surface area (Å²) in [7, 11) is -3.58. The highest BCUT2D eigenvalue weighted by Crippen LogP contribution is 2.23. The van der Waals surface area contributed by atoms with Crippen molar-refractivity contribution in [1.29, 1.82) is 0 Å². The molecule has 2 aromatic rings. The largest absolute Gasteiger partial charge is 0.322 e. The molecule has 1 saturated carbocycles. The van der Waals surface area contributed by atoms with Crippen molar-refractivity contribution < 1.29 is 13.2 Å². The maximum absolute atomic E-state index is 12.4. The smallest absolute Gasteiger partial charge is 0.255 e. The van der Waals surface area contributed by atoms with E-state index in [1.807, 2.05) is 6.92 Å². The third kappa shape index (κ3) is 3.80. The summed E-state index contributed by atoms with van der Waals surface area (Å²) in [6, 6.07) is 7.81. The monoisotopic (exact) mass is 345 g/mol. The number of amides is 1. The minimum Gasteiger partial charge on any atom is -0.322 e. The Morgan fingerprint density at radius 2 is 2.08 bits per heavy atom. The maximum Gasteiger partial charge on any atom is 0.255 e. The first-order valence-corrected chi connectivity index (χ1v) is 9.34. The molecule has 0 aliphatic heterocycles. The van der Waals surface area contributed by atoms with Crippen LogP contribution in [-0.4, -0.2) is 25.4 Å². The van der Waals surface area contributed by atoms with Crippen LogP contribution in [0.5, 0.6) is 0 Å². The number of rotatable bonds is 6. The molecular weight excluding hydrogens is 326 g/mol. The van der Waals surface area contributed by atoms with E-state index in [0.717, 1.165) is 24.8 Å². The average Bonchev–Trinajstić information content (AvgIpc) is 3.39. The second-order valence-electron chi connectivity index (χ2n) is 5.76. The van der Waals surface area contributed by atoms with E-state index in [1.54, 1.807) is 30.6 Å². The highest BCUT2D eigenvalue weighted by atomic mass is 32.2. The number of anilines is 1. The first kappa shape index (κ1) is 16.6. The van der Waals surface area contributed by atoms with Crippen LogP contribution in [0, 0.1) is 0 Å². The number of carbonyl (C=O) groups is 1. The Kier molecular flexibility index (Phi) is 4.64. The van der Waals surface area contributed by atoms with Crippen LogP contribution in [0.1, 0.15) is 35.7 Å². The van der Waals surface area contributed by atoms with Gasteiger partial charge in [0.15, 0.2) is 0 Å². The number of aryl methyl sites for hydroxylation is 1. The van der Waals surface area contributed by atoms with Gasteiger partial charge in [-0.15, -0.1) is 0 Å². The van der Waals surface area contributed by atoms with Crippen LogP contribution in [0.15, 0.2) is 47.6 Å². The van der Waals surface area contributed by atoms with Gasteiger partial charge >= 0.3 is 0 Å². The lowest BCUT2D eigenvalue weighted by Gasteiger charge is -2.10. The van der Waals surface area contributed by atoms with Crippen molar-refractivity contribution in [2.24, 2.45) is 0 Å². The predicted molar refractivity (Wildman–Crippen MR) is 91.4 cm³/mol. The zero-order valence-electron chi connectivity index (χ0n) is 13.3. The molecule has 0 atom stereocenters. The minimum atomic E-state index is -3.58. The molecule has 1 heterocycles. The fourth-order valence-corrected chi connectivity index (χ4v) is 3.67. The normalized spacial score (nSPS) is 14.4. The van der Waals surface area contributed by atoms with Crippen molar-refractivity contribution in [3.63, 3.8) is 0 Å². The van der Waals surface area contributed by atoms with E-state index in [4.69, 9.17) is 0 Å². The summed E-state index contributed by atoms with van der Waals surface area (Å²) >= 11 is 0. The zero-order valence-corrected chi connectivity index (χ0v) is 14.1. The summed E-state index contributed by atoms with van der Waals surface area (Å²) in [5, 5.41) is 2.82. The first-order chi connectivity index (χ1) is 11.5. The van der Waals surface area contributed by atoms with Gasteiger partial charge in [0.05, 0.1) is 4.90 Å². The molecule has 1 aliphatic carbocycles. The lowest BCUT2D eigenvalue weighted by atomic mass is 10.1. The van der Waals surface area contributed by atoms with Crippen molar-refractivity contribution in [2.75, 3.05) is 5.32 Å². The quantitative estimate of drug-likeness (QED) is 0.841. The average molecular weight is 345 g/mol. The molecule has 0 saturated heterocycles. The number of hydrogen-bond acceptors (Lipinski definition) is 4. The molecule has 0 radical (unpaired) electrons. The van der Waals surface area contributed by atoms with Gasteiger partial charge in [0.1, 0.15) is 0 Å². The fraction of sp³-hybridized carbons (Fsp3) is 0.294. The van der Waals surface area contributed by atoms with E-state index in [0.29, 0.717) is 11.3 Å². The van der Waals surface area contributed by atoms with E-state index in [9.17, 15) is 13.2 Å². The first-order valence-electron chi connectivity index (χ1n) is 7.86. The zero-order chi connectivity index (χ0) is 17.2. The van der Waals surface area contributed by atoms with Crippen LogP contribution >= 0.6 is 0 Å². The SMILES string of the molecule is CCc1cnccc1NC(=O)c1cccc(S(=O)(=O)NC2CC2)c1. The summed E-state index contributed by atoms with van der Waals surface area (Å²) in [5.41, 5.74) is 1.90. The molecule has 6 nitrogen and oxygen atoms in total. The van der Waals surface area contributed by atoms with E-state index >= 15 is 0 Å². The number of pyridine rings is 1. The van der Waals surface area contributed by atoms with Gasteiger partial charge in [0, 0.05) is 29.7 Å². The molecular formula is C17H19N3O3S. The standard InChI is InChI=1S/C17H19N3O3S/c1-2-12-11-18-9-8-16(12)19-17(21)13-4-3-5-15(10-13)24(22,23)20-14-6-7-14/h3-5,8-11,14,20H,2,6-7H2,1H3,(H,18,19,21). The third-order valence-corrected chi connectivity index (χ3v) is 5.36. The Labute approximate surface area is 141 Å². The van der Waals surface area contributed by atoms with Gasteiger partial charge < -0.3 is 5.32 Å². The van der Waals surface area contributed by atoms with E-state index in [2.05, 4.69) is 15.0 Å². The number of aromatic nitrogens is 1. The summed E-state index contributed by atoms with van der Waals surface area (Å²) < 4.78 is 27.1. The van der Waals surface area contributed by atoms with Gasteiger partial charge in [-0.25, -0.2) is 13.1 Å². The molecule has 3 rings (SSSR count). The minimum absolute atomic E-state index is 0.0245. The molecule has 1 aromatic heterocycles. The highest BCUT2D eigenvalue weighted by molar-refractivity contribution is 7.89. The highest BCUT2D eigenvalue weighted by Gasteiger charge is 2.28. The van der Waals surface area contributed by atoms with Crippen LogP contribution in [0.25, 0.3) is 0 Å². The topological polar surface area (TPSA) is 88.2 Å². The molecule has 1 aliphatic rings. The van der Waals surface area contributed by atoms with Crippen molar-refractivity contribution >= 4 is 21.6 Å². The molecule has 0 spiro atoms. The van der Waals surface area contributed by atoms with Crippen LogP contribution in [0.3, 0.4) is 0 Å². The second-order valence-corrected chi connectivity index (χ2v) is 7.48. The van der Waals surface area contributed by atoms with Gasteiger partial charge in [-0.2, -0.15) is 0 Å². The number of hydrogen-bond donors (Lipinski definition) is 2. The Balaban J connectivity index is 1.81. The van der Waals surface area contributed by atoms with Crippen LogP contribution in [0.4, 0.5) is 5.69 Å². The van der Waals surface area contributed by atoms with Crippen molar-refractivity contribution in [1.82, 2.24) is 9.71 Å². The summed E-state index contributed by atoms with van der Waals surface area (Å²) in [4.78, 5) is 16.6. The molecule has 2 N–H and O–H groups in total. The van der Waals surface area contributed by atoms with Crippen LogP contribution in [-0.2, 0) is 16.4 Å².